The fourth-order valence-electron chi connectivity index (χ4n) is 4.26. The minimum atomic E-state index is -0.473. The Morgan fingerprint density at radius 3 is 2.71 bits per heavy atom. The summed E-state index contributed by atoms with van der Waals surface area (Å²) >= 11 is 0. The van der Waals surface area contributed by atoms with E-state index in [0.717, 1.165) is 36.3 Å². The lowest BCUT2D eigenvalue weighted by Gasteiger charge is -2.37. The third-order valence-corrected chi connectivity index (χ3v) is 6.14. The summed E-state index contributed by atoms with van der Waals surface area (Å²) in [5, 5.41) is 12.8. The molecule has 4 rings (SSSR count). The zero-order valence-electron chi connectivity index (χ0n) is 16.4. The summed E-state index contributed by atoms with van der Waals surface area (Å²) in [6.07, 6.45) is 2.95. The minimum absolute atomic E-state index is 0.000733. The molecular formula is C21H28N2O5. The van der Waals surface area contributed by atoms with Crippen molar-refractivity contribution < 1.29 is 24.2 Å². The van der Waals surface area contributed by atoms with E-state index in [1.807, 2.05) is 18.2 Å². The molecule has 2 N–H and O–H groups in total. The topological polar surface area (TPSA) is 88.1 Å². The van der Waals surface area contributed by atoms with Gasteiger partial charge in [-0.2, -0.15) is 0 Å². The predicted octanol–water partition coefficient (Wildman–Crippen LogP) is 1.90. The summed E-state index contributed by atoms with van der Waals surface area (Å²) < 4.78 is 12.0. The zero-order valence-corrected chi connectivity index (χ0v) is 16.4. The number of rotatable bonds is 5. The second kappa shape index (κ2) is 7.72. The van der Waals surface area contributed by atoms with Gasteiger partial charge in [0.25, 0.3) is 0 Å². The number of hydrogen-bond donors (Lipinski definition) is 2. The summed E-state index contributed by atoms with van der Waals surface area (Å²) in [5.41, 5.74) is 1.79. The molecule has 1 aromatic carbocycles. The lowest BCUT2D eigenvalue weighted by molar-refractivity contribution is -0.147. The number of benzene rings is 1. The van der Waals surface area contributed by atoms with Gasteiger partial charge in [-0.25, -0.2) is 0 Å². The Labute approximate surface area is 165 Å². The smallest absolute Gasteiger partial charge is 0.227 e. The number of ether oxygens (including phenoxy) is 2. The molecule has 0 radical (unpaired) electrons. The molecule has 0 bridgehead atoms. The van der Waals surface area contributed by atoms with Gasteiger partial charge in [-0.1, -0.05) is 6.42 Å². The first kappa shape index (κ1) is 19.2. The molecule has 4 atom stereocenters. The Morgan fingerprint density at radius 2 is 2.07 bits per heavy atom. The summed E-state index contributed by atoms with van der Waals surface area (Å²) in [5.74, 6) is 0.998. The molecule has 7 nitrogen and oxygen atoms in total. The molecule has 1 saturated carbocycles. The number of hydrogen-bond acceptors (Lipinski definition) is 5. The number of amides is 2. The standard InChI is InChI=1S/C21H28N2O5/c1-23(2)19(25)10-14-9-16-15-8-13(22-21(26)12-4-3-5-12)6-7-17(15)28-20(16)18(11-24)27-14/h6-8,12,14,16,18,20,24H,3-5,9-11H2,1-2H3,(H,22,26)/t14-,16-,18+,20+/m0/s1. The van der Waals surface area contributed by atoms with Crippen molar-refractivity contribution in [3.8, 4) is 5.75 Å². The van der Waals surface area contributed by atoms with Crippen molar-refractivity contribution in [2.24, 2.45) is 5.92 Å². The van der Waals surface area contributed by atoms with Crippen LogP contribution in [0.15, 0.2) is 18.2 Å². The van der Waals surface area contributed by atoms with Crippen LogP contribution in [0.3, 0.4) is 0 Å². The molecule has 152 valence electrons. The van der Waals surface area contributed by atoms with Crippen LogP contribution >= 0.6 is 0 Å². The summed E-state index contributed by atoms with van der Waals surface area (Å²) in [6, 6.07) is 5.70. The highest BCUT2D eigenvalue weighted by Gasteiger charge is 2.46. The zero-order chi connectivity index (χ0) is 19.8. The van der Waals surface area contributed by atoms with Gasteiger partial charge in [-0.05, 0) is 37.5 Å². The maximum absolute atomic E-state index is 12.3. The third-order valence-electron chi connectivity index (χ3n) is 6.14. The Morgan fingerprint density at radius 1 is 1.29 bits per heavy atom. The van der Waals surface area contributed by atoms with E-state index in [2.05, 4.69) is 5.32 Å². The van der Waals surface area contributed by atoms with Crippen LogP contribution in [0.1, 0.15) is 43.6 Å². The minimum Gasteiger partial charge on any atom is -0.487 e. The molecule has 2 amide bonds. The highest BCUT2D eigenvalue weighted by atomic mass is 16.6. The monoisotopic (exact) mass is 388 g/mol. The second-order valence-electron chi connectivity index (χ2n) is 8.27. The van der Waals surface area contributed by atoms with Crippen LogP contribution in [-0.2, 0) is 14.3 Å². The van der Waals surface area contributed by atoms with Gasteiger partial charge in [-0.3, -0.25) is 9.59 Å². The third kappa shape index (κ3) is 3.61. The second-order valence-corrected chi connectivity index (χ2v) is 8.27. The molecule has 0 spiro atoms. The largest absolute Gasteiger partial charge is 0.487 e. The lowest BCUT2D eigenvalue weighted by atomic mass is 9.83. The van der Waals surface area contributed by atoms with Crippen molar-refractivity contribution in [2.45, 2.75) is 56.3 Å². The number of nitrogens with zero attached hydrogens (tertiary/aromatic N) is 1. The Kier molecular flexibility index (Phi) is 5.29. The van der Waals surface area contributed by atoms with Crippen molar-refractivity contribution in [3.05, 3.63) is 23.8 Å². The summed E-state index contributed by atoms with van der Waals surface area (Å²) in [6.45, 7) is -0.160. The average molecular weight is 388 g/mol. The fourth-order valence-corrected chi connectivity index (χ4v) is 4.26. The van der Waals surface area contributed by atoms with E-state index >= 15 is 0 Å². The van der Waals surface area contributed by atoms with E-state index in [0.29, 0.717) is 6.42 Å². The van der Waals surface area contributed by atoms with Gasteiger partial charge in [0.1, 0.15) is 18.0 Å². The molecule has 2 aliphatic heterocycles. The molecule has 28 heavy (non-hydrogen) atoms. The number of carbonyl (C=O) groups is 2. The average Bonchev–Trinajstić information content (AvgIpc) is 2.97. The van der Waals surface area contributed by atoms with Gasteiger partial charge >= 0.3 is 0 Å². The van der Waals surface area contributed by atoms with Crippen LogP contribution in [0.5, 0.6) is 5.75 Å². The predicted molar refractivity (Wildman–Crippen MR) is 103 cm³/mol. The number of aliphatic hydroxyl groups excluding tert-OH is 1. The maximum atomic E-state index is 12.3. The molecule has 0 aromatic heterocycles. The van der Waals surface area contributed by atoms with Crippen LogP contribution in [-0.4, -0.2) is 60.8 Å². The number of nitrogens with one attached hydrogen (secondary N) is 1. The van der Waals surface area contributed by atoms with E-state index in [1.165, 1.54) is 0 Å². The molecule has 2 heterocycles. The van der Waals surface area contributed by atoms with Gasteiger partial charge in [0.15, 0.2) is 0 Å². The SMILES string of the molecule is CN(C)C(=O)C[C@@H]1C[C@H]2c3cc(NC(=O)C4CCC4)ccc3O[C@H]2[C@@H](CO)O1. The first-order valence-corrected chi connectivity index (χ1v) is 10.0. The molecule has 2 fully saturated rings. The van der Waals surface area contributed by atoms with Gasteiger partial charge in [-0.15, -0.1) is 0 Å². The molecule has 1 saturated heterocycles. The molecule has 1 aromatic rings. The van der Waals surface area contributed by atoms with E-state index in [4.69, 9.17) is 9.47 Å². The van der Waals surface area contributed by atoms with Crippen molar-refractivity contribution in [2.75, 3.05) is 26.0 Å². The van der Waals surface area contributed by atoms with E-state index in [9.17, 15) is 14.7 Å². The van der Waals surface area contributed by atoms with Crippen LogP contribution in [0.2, 0.25) is 0 Å². The van der Waals surface area contributed by atoms with E-state index < -0.39 is 6.10 Å². The molecule has 7 heteroatoms. The first-order chi connectivity index (χ1) is 13.5. The lowest BCUT2D eigenvalue weighted by Crippen LogP contribution is -2.47. The Balaban J connectivity index is 1.52. The molecule has 3 aliphatic rings. The van der Waals surface area contributed by atoms with Gasteiger partial charge in [0.05, 0.1) is 19.1 Å². The number of anilines is 1. The van der Waals surface area contributed by atoms with Gasteiger partial charge < -0.3 is 24.8 Å². The Bertz CT molecular complexity index is 761. The highest BCUT2D eigenvalue weighted by molar-refractivity contribution is 5.93. The maximum Gasteiger partial charge on any atom is 0.227 e. The van der Waals surface area contributed by atoms with Crippen LogP contribution in [0.25, 0.3) is 0 Å². The van der Waals surface area contributed by atoms with Crippen molar-refractivity contribution in [1.82, 2.24) is 4.90 Å². The number of fused-ring (bicyclic) bond motifs is 3. The van der Waals surface area contributed by atoms with Crippen LogP contribution in [0.4, 0.5) is 5.69 Å². The normalized spacial score (nSPS) is 28.5. The number of carbonyl (C=O) groups excluding carboxylic acids is 2. The van der Waals surface area contributed by atoms with E-state index in [-0.39, 0.29) is 48.9 Å². The van der Waals surface area contributed by atoms with Gasteiger partial charge in [0, 0.05) is 37.2 Å². The molecule has 1 aliphatic carbocycles. The molecular weight excluding hydrogens is 360 g/mol. The van der Waals surface area contributed by atoms with Crippen molar-refractivity contribution in [3.63, 3.8) is 0 Å². The van der Waals surface area contributed by atoms with Crippen LogP contribution in [0, 0.1) is 5.92 Å². The number of aliphatic hydroxyl groups is 1. The summed E-state index contributed by atoms with van der Waals surface area (Å²) in [7, 11) is 3.45. The fraction of sp³-hybridized carbons (Fsp3) is 0.619. The highest BCUT2D eigenvalue weighted by Crippen LogP contribution is 2.47. The first-order valence-electron chi connectivity index (χ1n) is 10.0. The van der Waals surface area contributed by atoms with Crippen LogP contribution < -0.4 is 10.1 Å². The van der Waals surface area contributed by atoms with Gasteiger partial charge in [0.2, 0.25) is 11.8 Å². The van der Waals surface area contributed by atoms with E-state index in [1.54, 1.807) is 19.0 Å². The quantitative estimate of drug-likeness (QED) is 0.804. The summed E-state index contributed by atoms with van der Waals surface area (Å²) in [4.78, 5) is 25.9. The Hall–Kier alpha value is -2.12. The molecule has 0 unspecified atom stereocenters. The van der Waals surface area contributed by atoms with Crippen molar-refractivity contribution >= 4 is 17.5 Å². The van der Waals surface area contributed by atoms with Crippen molar-refractivity contribution in [1.29, 1.82) is 0 Å².